The van der Waals surface area contributed by atoms with Crippen LogP contribution in [0.15, 0.2) is 29.2 Å². The van der Waals surface area contributed by atoms with E-state index in [1.165, 1.54) is 0 Å². The second-order valence-corrected chi connectivity index (χ2v) is 12.3. The summed E-state index contributed by atoms with van der Waals surface area (Å²) >= 11 is 0. The van der Waals surface area contributed by atoms with Crippen molar-refractivity contribution in [1.29, 1.82) is 0 Å². The van der Waals surface area contributed by atoms with Gasteiger partial charge in [0.2, 0.25) is 16.4 Å². The number of carbonyl (C=O) groups is 2. The molecule has 0 spiro atoms. The molecule has 12 heteroatoms. The molecule has 1 aliphatic heterocycles. The third-order valence-electron chi connectivity index (χ3n) is 6.18. The number of rotatable bonds is 4. The van der Waals surface area contributed by atoms with Gasteiger partial charge in [0.05, 0.1) is 10.5 Å². The van der Waals surface area contributed by atoms with Gasteiger partial charge in [0, 0.05) is 31.2 Å². The number of hydrogen-bond acceptors (Lipinski definition) is 5. The summed E-state index contributed by atoms with van der Waals surface area (Å²) < 4.78 is 69.3. The molecule has 1 saturated heterocycles. The second-order valence-electron chi connectivity index (χ2n) is 10.6. The molecule has 2 atom stereocenters. The van der Waals surface area contributed by atoms with Crippen LogP contribution < -0.4 is 4.72 Å². The molecule has 2 fully saturated rings. The quantitative estimate of drug-likeness (QED) is 0.545. The SMILES string of the molecule is C[C@@H]1CN(C(=O)OC(C)(C)C)C[C@H](C)N1C=O.O=S(=O)(NC1CCCCC1)c1ccc(C(F)(F)F)cc1. The van der Waals surface area contributed by atoms with Gasteiger partial charge in [0.25, 0.3) is 0 Å². The zero-order chi connectivity index (χ0) is 28.0. The Hall–Kier alpha value is -2.34. The van der Waals surface area contributed by atoms with E-state index in [0.717, 1.165) is 62.8 Å². The summed E-state index contributed by atoms with van der Waals surface area (Å²) in [6.45, 7) is 10.5. The monoisotopic (exact) mass is 549 g/mol. The average Bonchev–Trinajstić information content (AvgIpc) is 2.78. The van der Waals surface area contributed by atoms with Gasteiger partial charge < -0.3 is 14.5 Å². The molecule has 1 saturated carbocycles. The number of alkyl halides is 3. The van der Waals surface area contributed by atoms with E-state index in [9.17, 15) is 31.2 Å². The number of carbonyl (C=O) groups excluding carboxylic acids is 2. The van der Waals surface area contributed by atoms with Gasteiger partial charge in [-0.3, -0.25) is 4.79 Å². The van der Waals surface area contributed by atoms with Crippen LogP contribution in [0.3, 0.4) is 0 Å². The minimum atomic E-state index is -4.46. The van der Waals surface area contributed by atoms with E-state index in [2.05, 4.69) is 4.72 Å². The first-order valence-corrected chi connectivity index (χ1v) is 13.9. The van der Waals surface area contributed by atoms with E-state index in [-0.39, 0.29) is 29.1 Å². The fourth-order valence-corrected chi connectivity index (χ4v) is 5.65. The predicted octanol–water partition coefficient (Wildman–Crippen LogP) is 4.79. The van der Waals surface area contributed by atoms with Crippen LogP contribution in [0.5, 0.6) is 0 Å². The Morgan fingerprint density at radius 1 is 1.00 bits per heavy atom. The Balaban J connectivity index is 0.000000264. The van der Waals surface area contributed by atoms with Crippen molar-refractivity contribution in [2.45, 2.75) is 102 Å². The number of piperazine rings is 1. The number of ether oxygens (including phenoxy) is 1. The average molecular weight is 550 g/mol. The molecule has 2 amide bonds. The lowest BCUT2D eigenvalue weighted by Gasteiger charge is -2.42. The van der Waals surface area contributed by atoms with Crippen LogP contribution in [0.1, 0.15) is 72.3 Å². The Morgan fingerprint density at radius 3 is 1.95 bits per heavy atom. The largest absolute Gasteiger partial charge is 0.444 e. The lowest BCUT2D eigenvalue weighted by molar-refractivity contribution is -0.137. The van der Waals surface area contributed by atoms with Gasteiger partial charge in [-0.1, -0.05) is 19.3 Å². The fourth-order valence-electron chi connectivity index (χ4n) is 4.35. The van der Waals surface area contributed by atoms with Crippen molar-refractivity contribution < 1.29 is 35.9 Å². The Bertz CT molecular complexity index is 992. The molecule has 1 aromatic rings. The molecule has 1 aromatic carbocycles. The number of benzene rings is 1. The predicted molar refractivity (Wildman–Crippen MR) is 133 cm³/mol. The molecule has 0 radical (unpaired) electrons. The zero-order valence-electron chi connectivity index (χ0n) is 22.0. The summed E-state index contributed by atoms with van der Waals surface area (Å²) in [5, 5.41) is 0. The first-order chi connectivity index (χ1) is 17.0. The van der Waals surface area contributed by atoms with Gasteiger partial charge in [0.15, 0.2) is 0 Å². The van der Waals surface area contributed by atoms with Gasteiger partial charge >= 0.3 is 12.3 Å². The maximum Gasteiger partial charge on any atom is 0.416 e. The third kappa shape index (κ3) is 9.48. The summed E-state index contributed by atoms with van der Waals surface area (Å²) in [5.41, 5.74) is -1.33. The van der Waals surface area contributed by atoms with Crippen molar-refractivity contribution in [2.24, 2.45) is 0 Å². The molecule has 2 aliphatic rings. The van der Waals surface area contributed by atoms with Gasteiger partial charge in [-0.25, -0.2) is 17.9 Å². The molecular weight excluding hydrogens is 511 g/mol. The number of hydrogen-bond donors (Lipinski definition) is 1. The molecular formula is C25H38F3N3O5S. The van der Waals surface area contributed by atoms with E-state index in [1.807, 2.05) is 34.6 Å². The highest BCUT2D eigenvalue weighted by Gasteiger charge is 2.33. The molecule has 37 heavy (non-hydrogen) atoms. The highest BCUT2D eigenvalue weighted by molar-refractivity contribution is 7.89. The van der Waals surface area contributed by atoms with Crippen molar-refractivity contribution in [1.82, 2.24) is 14.5 Å². The lowest BCUT2D eigenvalue weighted by Crippen LogP contribution is -2.58. The van der Waals surface area contributed by atoms with E-state index in [1.54, 1.807) is 9.80 Å². The Kier molecular flexibility index (Phi) is 10.4. The summed E-state index contributed by atoms with van der Waals surface area (Å²) in [5.74, 6) is 0. The van der Waals surface area contributed by atoms with Crippen molar-refractivity contribution >= 4 is 22.5 Å². The van der Waals surface area contributed by atoms with E-state index >= 15 is 0 Å². The molecule has 1 aliphatic carbocycles. The van der Waals surface area contributed by atoms with Crippen LogP contribution in [-0.2, 0) is 25.7 Å². The number of amides is 2. The second kappa shape index (κ2) is 12.5. The van der Waals surface area contributed by atoms with Crippen molar-refractivity contribution in [2.75, 3.05) is 13.1 Å². The summed E-state index contributed by atoms with van der Waals surface area (Å²) in [4.78, 5) is 26.0. The van der Waals surface area contributed by atoms with Crippen LogP contribution >= 0.6 is 0 Å². The van der Waals surface area contributed by atoms with Crippen molar-refractivity contribution in [3.8, 4) is 0 Å². The number of sulfonamides is 1. The van der Waals surface area contributed by atoms with Crippen LogP contribution in [0, 0.1) is 0 Å². The number of nitrogens with zero attached hydrogens (tertiary/aromatic N) is 2. The summed E-state index contributed by atoms with van der Waals surface area (Å²) in [6.07, 6.45) is 0.682. The molecule has 3 rings (SSSR count). The van der Waals surface area contributed by atoms with E-state index in [4.69, 9.17) is 4.74 Å². The first kappa shape index (κ1) is 30.9. The highest BCUT2D eigenvalue weighted by atomic mass is 32.2. The van der Waals surface area contributed by atoms with Crippen LogP contribution in [0.4, 0.5) is 18.0 Å². The van der Waals surface area contributed by atoms with Gasteiger partial charge in [-0.2, -0.15) is 13.2 Å². The molecule has 1 N–H and O–H groups in total. The summed E-state index contributed by atoms with van der Waals surface area (Å²) in [7, 11) is -3.74. The highest BCUT2D eigenvalue weighted by Crippen LogP contribution is 2.30. The molecule has 8 nitrogen and oxygen atoms in total. The minimum absolute atomic E-state index is 0.0313. The van der Waals surface area contributed by atoms with E-state index in [0.29, 0.717) is 13.1 Å². The van der Waals surface area contributed by atoms with Crippen molar-refractivity contribution in [3.05, 3.63) is 29.8 Å². The normalized spacial score (nSPS) is 21.6. The topological polar surface area (TPSA) is 96.0 Å². The third-order valence-corrected chi connectivity index (χ3v) is 7.72. The van der Waals surface area contributed by atoms with E-state index < -0.39 is 27.4 Å². The molecule has 0 aromatic heterocycles. The molecule has 0 unspecified atom stereocenters. The minimum Gasteiger partial charge on any atom is -0.444 e. The maximum absolute atomic E-state index is 12.4. The molecule has 210 valence electrons. The Labute approximate surface area is 217 Å². The lowest BCUT2D eigenvalue weighted by atomic mass is 9.96. The van der Waals surface area contributed by atoms with Crippen molar-refractivity contribution in [3.63, 3.8) is 0 Å². The molecule has 0 bridgehead atoms. The number of halogens is 3. The first-order valence-electron chi connectivity index (χ1n) is 12.4. The number of nitrogens with one attached hydrogen (secondary N) is 1. The van der Waals surface area contributed by atoms with Crippen LogP contribution in [-0.4, -0.2) is 67.5 Å². The van der Waals surface area contributed by atoms with Gasteiger partial charge in [-0.15, -0.1) is 0 Å². The van der Waals surface area contributed by atoms with Crippen LogP contribution in [0.2, 0.25) is 0 Å². The van der Waals surface area contributed by atoms with Crippen LogP contribution in [0.25, 0.3) is 0 Å². The zero-order valence-corrected chi connectivity index (χ0v) is 22.9. The van der Waals surface area contributed by atoms with Gasteiger partial charge in [-0.05, 0) is 71.7 Å². The maximum atomic E-state index is 12.4. The van der Waals surface area contributed by atoms with Gasteiger partial charge in [0.1, 0.15) is 5.60 Å². The fraction of sp³-hybridized carbons (Fsp3) is 0.680. The smallest absolute Gasteiger partial charge is 0.416 e. The molecule has 1 heterocycles. The standard InChI is InChI=1S/C13H16F3NO2S.C12H22N2O3/c14-13(15,16)10-6-8-12(9-7-10)20(18,19)17-11-4-2-1-3-5-11;1-9-6-13(7-10(2)14(9)8-15)11(16)17-12(3,4)5/h6-9,11,17H,1-5H2;8-10H,6-7H2,1-5H3/t;9-,10+. The Morgan fingerprint density at radius 2 is 1.51 bits per heavy atom. The summed E-state index contributed by atoms with van der Waals surface area (Å²) in [6, 6.07) is 3.51.